The van der Waals surface area contributed by atoms with Gasteiger partial charge in [-0.25, -0.2) is 0 Å². The lowest BCUT2D eigenvalue weighted by atomic mass is 10.0. The summed E-state index contributed by atoms with van der Waals surface area (Å²) in [5.41, 5.74) is 0.733. The van der Waals surface area contributed by atoms with Crippen molar-refractivity contribution in [3.05, 3.63) is 27.8 Å². The fraction of sp³-hybridized carbons (Fsp3) is 0.385. The van der Waals surface area contributed by atoms with Gasteiger partial charge in [0.25, 0.3) is 0 Å². The van der Waals surface area contributed by atoms with Crippen molar-refractivity contribution in [3.63, 3.8) is 0 Å². The predicted octanol–water partition coefficient (Wildman–Crippen LogP) is 2.39. The molecule has 0 bridgehead atoms. The molecule has 2 amide bonds. The third-order valence-corrected chi connectivity index (χ3v) is 3.14. The molecule has 0 fully saturated rings. The number of benzene rings is 1. The average molecular weight is 360 g/mol. The highest BCUT2D eigenvalue weighted by atomic mass is 127. The van der Waals surface area contributed by atoms with Crippen LogP contribution in [-0.2, 0) is 9.59 Å². The van der Waals surface area contributed by atoms with Gasteiger partial charge in [0.15, 0.2) is 0 Å². The maximum atomic E-state index is 12.0. The Morgan fingerprint density at radius 2 is 1.72 bits per heavy atom. The second-order valence-electron chi connectivity index (χ2n) is 4.42. The molecule has 0 aromatic heterocycles. The summed E-state index contributed by atoms with van der Waals surface area (Å²) in [5, 5.41) is 5.46. The Morgan fingerprint density at radius 3 is 2.17 bits per heavy atom. The van der Waals surface area contributed by atoms with E-state index in [9.17, 15) is 9.59 Å². The Bertz CT molecular complexity index is 429. The smallest absolute Gasteiger partial charge is 0.247 e. The lowest BCUT2D eigenvalue weighted by Crippen LogP contribution is -2.46. The molecule has 1 aromatic rings. The van der Waals surface area contributed by atoms with Gasteiger partial charge >= 0.3 is 0 Å². The minimum Gasteiger partial charge on any atom is -0.344 e. The fourth-order valence-corrected chi connectivity index (χ4v) is 1.87. The zero-order valence-corrected chi connectivity index (χ0v) is 12.8. The van der Waals surface area contributed by atoms with E-state index in [1.54, 1.807) is 0 Å². The fourth-order valence-electron chi connectivity index (χ4n) is 1.51. The summed E-state index contributed by atoms with van der Waals surface area (Å²) in [4.78, 5) is 23.1. The van der Waals surface area contributed by atoms with E-state index in [4.69, 9.17) is 0 Å². The molecule has 0 saturated carbocycles. The van der Waals surface area contributed by atoms with Crippen LogP contribution in [-0.4, -0.2) is 17.9 Å². The second-order valence-corrected chi connectivity index (χ2v) is 5.66. The van der Waals surface area contributed by atoms with Gasteiger partial charge in [-0.2, -0.15) is 0 Å². The van der Waals surface area contributed by atoms with Crippen molar-refractivity contribution in [2.45, 2.75) is 26.8 Å². The van der Waals surface area contributed by atoms with Crippen molar-refractivity contribution < 1.29 is 9.59 Å². The van der Waals surface area contributed by atoms with Gasteiger partial charge in [-0.15, -0.1) is 0 Å². The van der Waals surface area contributed by atoms with Crippen LogP contribution in [0.3, 0.4) is 0 Å². The molecule has 0 saturated heterocycles. The van der Waals surface area contributed by atoms with Crippen molar-refractivity contribution in [1.29, 1.82) is 0 Å². The van der Waals surface area contributed by atoms with Gasteiger partial charge < -0.3 is 10.6 Å². The molecule has 2 N–H and O–H groups in total. The number of amides is 2. The maximum Gasteiger partial charge on any atom is 0.247 e. The number of hydrogen-bond donors (Lipinski definition) is 2. The van der Waals surface area contributed by atoms with Crippen molar-refractivity contribution in [3.8, 4) is 0 Å². The highest BCUT2D eigenvalue weighted by Crippen LogP contribution is 2.12. The molecule has 5 heteroatoms. The molecule has 0 spiro atoms. The van der Waals surface area contributed by atoms with Crippen LogP contribution in [0.1, 0.15) is 20.8 Å². The van der Waals surface area contributed by atoms with Crippen LogP contribution in [0.15, 0.2) is 24.3 Å². The molecule has 0 aliphatic heterocycles. The van der Waals surface area contributed by atoms with E-state index in [-0.39, 0.29) is 17.7 Å². The molecule has 0 aliphatic rings. The quantitative estimate of drug-likeness (QED) is 0.811. The van der Waals surface area contributed by atoms with Crippen LogP contribution >= 0.6 is 22.6 Å². The summed E-state index contributed by atoms with van der Waals surface area (Å²) < 4.78 is 1.10. The zero-order chi connectivity index (χ0) is 13.7. The molecule has 0 unspecified atom stereocenters. The minimum absolute atomic E-state index is 0.0396. The normalized spacial score (nSPS) is 12.1. The standard InChI is InChI=1S/C13H17IN2O2/c1-8(2)12(15-9(3)17)13(18)16-11-6-4-10(14)5-7-11/h4-8,12H,1-3H3,(H,15,17)(H,16,18)/t12-/m0/s1. The van der Waals surface area contributed by atoms with Crippen LogP contribution in [0.2, 0.25) is 0 Å². The summed E-state index contributed by atoms with van der Waals surface area (Å²) >= 11 is 2.20. The number of carbonyl (C=O) groups is 2. The largest absolute Gasteiger partial charge is 0.344 e. The summed E-state index contributed by atoms with van der Waals surface area (Å²) in [5.74, 6) is -0.356. The summed E-state index contributed by atoms with van der Waals surface area (Å²) in [6.45, 7) is 5.20. The Balaban J connectivity index is 2.72. The van der Waals surface area contributed by atoms with Crippen LogP contribution in [0.5, 0.6) is 0 Å². The van der Waals surface area contributed by atoms with E-state index in [1.807, 2.05) is 38.1 Å². The minimum atomic E-state index is -0.512. The first-order chi connectivity index (χ1) is 8.40. The van der Waals surface area contributed by atoms with Gasteiger partial charge in [0.05, 0.1) is 0 Å². The van der Waals surface area contributed by atoms with Gasteiger partial charge in [-0.1, -0.05) is 13.8 Å². The van der Waals surface area contributed by atoms with Gasteiger partial charge in [0.1, 0.15) is 6.04 Å². The number of anilines is 1. The first-order valence-corrected chi connectivity index (χ1v) is 6.81. The molecular weight excluding hydrogens is 343 g/mol. The summed E-state index contributed by atoms with van der Waals surface area (Å²) in [7, 11) is 0. The lowest BCUT2D eigenvalue weighted by molar-refractivity contribution is -0.126. The molecule has 1 rings (SSSR count). The highest BCUT2D eigenvalue weighted by Gasteiger charge is 2.22. The van der Waals surface area contributed by atoms with Crippen molar-refractivity contribution in [2.75, 3.05) is 5.32 Å². The number of halogens is 1. The molecule has 0 heterocycles. The Morgan fingerprint density at radius 1 is 1.17 bits per heavy atom. The van der Waals surface area contributed by atoms with Crippen molar-refractivity contribution in [1.82, 2.24) is 5.32 Å². The van der Waals surface area contributed by atoms with E-state index in [0.29, 0.717) is 0 Å². The Labute approximate surface area is 121 Å². The summed E-state index contributed by atoms with van der Waals surface area (Å²) in [6, 6.07) is 7.00. The Kier molecular flexibility index (Phi) is 5.58. The monoisotopic (exact) mass is 360 g/mol. The van der Waals surface area contributed by atoms with Crippen LogP contribution in [0, 0.1) is 9.49 Å². The van der Waals surface area contributed by atoms with Crippen LogP contribution in [0.25, 0.3) is 0 Å². The topological polar surface area (TPSA) is 58.2 Å². The Hall–Kier alpha value is -1.11. The average Bonchev–Trinajstić information content (AvgIpc) is 2.28. The van der Waals surface area contributed by atoms with E-state index < -0.39 is 6.04 Å². The van der Waals surface area contributed by atoms with E-state index in [1.165, 1.54) is 6.92 Å². The van der Waals surface area contributed by atoms with E-state index in [0.717, 1.165) is 9.26 Å². The van der Waals surface area contributed by atoms with E-state index in [2.05, 4.69) is 33.2 Å². The molecule has 1 atom stereocenters. The van der Waals surface area contributed by atoms with E-state index >= 15 is 0 Å². The third-order valence-electron chi connectivity index (χ3n) is 2.42. The molecule has 98 valence electrons. The number of nitrogens with one attached hydrogen (secondary N) is 2. The molecule has 18 heavy (non-hydrogen) atoms. The SMILES string of the molecule is CC(=O)N[C@H](C(=O)Nc1ccc(I)cc1)C(C)C. The summed E-state index contributed by atoms with van der Waals surface area (Å²) in [6.07, 6.45) is 0. The molecule has 1 aromatic carbocycles. The van der Waals surface area contributed by atoms with Crippen LogP contribution in [0.4, 0.5) is 5.69 Å². The maximum absolute atomic E-state index is 12.0. The molecule has 4 nitrogen and oxygen atoms in total. The molecule has 0 aliphatic carbocycles. The second kappa shape index (κ2) is 6.72. The number of carbonyl (C=O) groups excluding carboxylic acids is 2. The zero-order valence-electron chi connectivity index (χ0n) is 10.7. The van der Waals surface area contributed by atoms with Crippen molar-refractivity contribution in [2.24, 2.45) is 5.92 Å². The van der Waals surface area contributed by atoms with Crippen LogP contribution < -0.4 is 10.6 Å². The van der Waals surface area contributed by atoms with Gasteiger partial charge in [-0.05, 0) is 52.8 Å². The molecular formula is C13H17IN2O2. The first-order valence-electron chi connectivity index (χ1n) is 5.73. The van der Waals surface area contributed by atoms with Gasteiger partial charge in [0, 0.05) is 16.2 Å². The lowest BCUT2D eigenvalue weighted by Gasteiger charge is -2.20. The molecule has 0 radical (unpaired) electrons. The first kappa shape index (κ1) is 14.9. The highest BCUT2D eigenvalue weighted by molar-refractivity contribution is 14.1. The number of hydrogen-bond acceptors (Lipinski definition) is 2. The van der Waals surface area contributed by atoms with Gasteiger partial charge in [0.2, 0.25) is 11.8 Å². The predicted molar refractivity (Wildman–Crippen MR) is 80.2 cm³/mol. The number of rotatable bonds is 4. The van der Waals surface area contributed by atoms with Crippen molar-refractivity contribution >= 4 is 40.1 Å². The van der Waals surface area contributed by atoms with Gasteiger partial charge in [-0.3, -0.25) is 9.59 Å². The third kappa shape index (κ3) is 4.64.